The van der Waals surface area contributed by atoms with Crippen molar-refractivity contribution < 1.29 is 4.79 Å². The number of benzene rings is 3. The summed E-state index contributed by atoms with van der Waals surface area (Å²) in [4.78, 5) is 17.9. The number of ketones is 1. The SMILES string of the molecule is CCCC(=O)C[C@@H]1N=C(c2ccc(Cl)cc2)c2cc(-c3ccccc3)ccc2-n2c(C)nnc21. The molecule has 34 heavy (non-hydrogen) atoms. The summed E-state index contributed by atoms with van der Waals surface area (Å²) in [5.74, 6) is 1.64. The highest BCUT2D eigenvalue weighted by Crippen LogP contribution is 2.35. The molecule has 0 N–H and O–H groups in total. The van der Waals surface area contributed by atoms with Gasteiger partial charge in [-0.25, -0.2) is 0 Å². The Balaban J connectivity index is 1.75. The maximum atomic E-state index is 12.7. The number of fused-ring (bicyclic) bond motifs is 3. The third kappa shape index (κ3) is 4.19. The number of aliphatic imine (C=N–C) groups is 1. The van der Waals surface area contributed by atoms with Gasteiger partial charge in [-0.05, 0) is 48.7 Å². The number of aromatic nitrogens is 3. The molecule has 5 rings (SSSR count). The van der Waals surface area contributed by atoms with E-state index in [4.69, 9.17) is 16.6 Å². The van der Waals surface area contributed by atoms with Crippen LogP contribution in [0.3, 0.4) is 0 Å². The highest BCUT2D eigenvalue weighted by Gasteiger charge is 2.29. The van der Waals surface area contributed by atoms with Gasteiger partial charge in [-0.15, -0.1) is 10.2 Å². The zero-order chi connectivity index (χ0) is 23.7. The topological polar surface area (TPSA) is 60.1 Å². The van der Waals surface area contributed by atoms with Gasteiger partial charge >= 0.3 is 0 Å². The molecular formula is C28H25ClN4O. The molecule has 1 aliphatic rings. The van der Waals surface area contributed by atoms with Crippen LogP contribution in [0.4, 0.5) is 0 Å². The van der Waals surface area contributed by atoms with E-state index in [-0.39, 0.29) is 5.78 Å². The molecule has 0 saturated heterocycles. The van der Waals surface area contributed by atoms with Crippen molar-refractivity contribution in [3.63, 3.8) is 0 Å². The van der Waals surface area contributed by atoms with Gasteiger partial charge in [-0.2, -0.15) is 0 Å². The molecule has 5 nitrogen and oxygen atoms in total. The molecule has 0 amide bonds. The van der Waals surface area contributed by atoms with Crippen molar-refractivity contribution >= 4 is 23.1 Å². The van der Waals surface area contributed by atoms with Crippen molar-refractivity contribution in [3.05, 3.63) is 101 Å². The van der Waals surface area contributed by atoms with Crippen LogP contribution in [-0.2, 0) is 4.79 Å². The molecule has 0 saturated carbocycles. The normalized spacial score (nSPS) is 14.7. The van der Waals surface area contributed by atoms with E-state index in [0.717, 1.165) is 45.9 Å². The van der Waals surface area contributed by atoms with Gasteiger partial charge in [0.15, 0.2) is 5.82 Å². The number of hydrogen-bond acceptors (Lipinski definition) is 4. The van der Waals surface area contributed by atoms with Crippen LogP contribution in [0.5, 0.6) is 0 Å². The fourth-order valence-electron chi connectivity index (χ4n) is 4.48. The van der Waals surface area contributed by atoms with E-state index in [9.17, 15) is 4.79 Å². The number of rotatable bonds is 6. The lowest BCUT2D eigenvalue weighted by atomic mass is 9.95. The van der Waals surface area contributed by atoms with E-state index in [1.807, 2.05) is 60.9 Å². The average molecular weight is 469 g/mol. The van der Waals surface area contributed by atoms with Crippen LogP contribution in [0.2, 0.25) is 5.02 Å². The lowest BCUT2D eigenvalue weighted by Crippen LogP contribution is -2.11. The monoisotopic (exact) mass is 468 g/mol. The smallest absolute Gasteiger partial charge is 0.162 e. The summed E-state index contributed by atoms with van der Waals surface area (Å²) < 4.78 is 2.04. The van der Waals surface area contributed by atoms with Crippen molar-refractivity contribution in [2.24, 2.45) is 4.99 Å². The maximum absolute atomic E-state index is 12.7. The van der Waals surface area contributed by atoms with Gasteiger partial charge in [-0.3, -0.25) is 14.4 Å². The highest BCUT2D eigenvalue weighted by atomic mass is 35.5. The van der Waals surface area contributed by atoms with E-state index in [0.29, 0.717) is 23.7 Å². The minimum atomic E-state index is -0.418. The number of Topliss-reactive ketones (excluding diaryl/α,β-unsaturated/α-hetero) is 1. The second-order valence-corrected chi connectivity index (χ2v) is 8.97. The second kappa shape index (κ2) is 9.35. The van der Waals surface area contributed by atoms with E-state index >= 15 is 0 Å². The van der Waals surface area contributed by atoms with E-state index in [1.165, 1.54) is 0 Å². The lowest BCUT2D eigenvalue weighted by molar-refractivity contribution is -0.119. The predicted molar refractivity (Wildman–Crippen MR) is 136 cm³/mol. The number of halogens is 1. The van der Waals surface area contributed by atoms with Crippen LogP contribution in [0.25, 0.3) is 16.8 Å². The number of aryl methyl sites for hydroxylation is 1. The van der Waals surface area contributed by atoms with Crippen molar-refractivity contribution in [1.82, 2.24) is 14.8 Å². The Kier molecular flexibility index (Phi) is 6.12. The second-order valence-electron chi connectivity index (χ2n) is 8.53. The number of nitrogens with zero attached hydrogens (tertiary/aromatic N) is 4. The van der Waals surface area contributed by atoms with E-state index in [1.54, 1.807) is 0 Å². The van der Waals surface area contributed by atoms with Crippen LogP contribution in [-0.4, -0.2) is 26.3 Å². The van der Waals surface area contributed by atoms with Gasteiger partial charge in [0.2, 0.25) is 0 Å². The van der Waals surface area contributed by atoms with Crippen molar-refractivity contribution in [1.29, 1.82) is 0 Å². The molecule has 6 heteroatoms. The van der Waals surface area contributed by atoms with Gasteiger partial charge in [0.1, 0.15) is 17.6 Å². The highest BCUT2D eigenvalue weighted by molar-refractivity contribution is 6.30. The molecule has 0 bridgehead atoms. The van der Waals surface area contributed by atoms with Crippen LogP contribution >= 0.6 is 11.6 Å². The zero-order valence-corrected chi connectivity index (χ0v) is 20.0. The van der Waals surface area contributed by atoms with E-state index < -0.39 is 6.04 Å². The summed E-state index contributed by atoms with van der Waals surface area (Å²) in [6, 6.07) is 23.9. The first kappa shape index (κ1) is 22.2. The Bertz CT molecular complexity index is 1370. The quantitative estimate of drug-likeness (QED) is 0.322. The molecule has 0 fully saturated rings. The standard InChI is InChI=1S/C28H25ClN4O/c1-3-7-23(34)17-25-28-32-31-18(2)33(28)26-15-12-21(19-8-5-4-6-9-19)16-24(26)27(30-25)20-10-13-22(29)14-11-20/h4-6,8-16,25H,3,7,17H2,1-2H3/t25-/m0/s1. The van der Waals surface area contributed by atoms with Crippen molar-refractivity contribution in [2.45, 2.75) is 39.2 Å². The summed E-state index contributed by atoms with van der Waals surface area (Å²) in [5.41, 5.74) is 5.91. The Hall–Kier alpha value is -3.57. The first-order chi connectivity index (χ1) is 16.5. The molecule has 0 unspecified atom stereocenters. The molecule has 1 atom stereocenters. The average Bonchev–Trinajstić information content (AvgIpc) is 3.17. The Morgan fingerprint density at radius 2 is 1.68 bits per heavy atom. The zero-order valence-electron chi connectivity index (χ0n) is 19.2. The largest absolute Gasteiger partial charge is 0.300 e. The van der Waals surface area contributed by atoms with Crippen LogP contribution < -0.4 is 0 Å². The molecule has 1 aromatic heterocycles. The minimum Gasteiger partial charge on any atom is -0.300 e. The summed E-state index contributed by atoms with van der Waals surface area (Å²) >= 11 is 6.19. The van der Waals surface area contributed by atoms with Crippen molar-refractivity contribution in [3.8, 4) is 16.8 Å². The lowest BCUT2D eigenvalue weighted by Gasteiger charge is -2.14. The predicted octanol–water partition coefficient (Wildman–Crippen LogP) is 6.55. The van der Waals surface area contributed by atoms with Crippen LogP contribution in [0, 0.1) is 6.92 Å². The number of carbonyl (C=O) groups excluding carboxylic acids is 1. The fraction of sp³-hybridized carbons (Fsp3) is 0.214. The van der Waals surface area contributed by atoms with Crippen LogP contribution in [0.1, 0.15) is 55.0 Å². The van der Waals surface area contributed by atoms with Crippen molar-refractivity contribution in [2.75, 3.05) is 0 Å². The summed E-state index contributed by atoms with van der Waals surface area (Å²) in [6.45, 7) is 3.95. The molecule has 0 spiro atoms. The number of carbonyl (C=O) groups is 1. The molecule has 1 aliphatic heterocycles. The van der Waals surface area contributed by atoms with Gasteiger partial charge in [0, 0.05) is 29.0 Å². The molecule has 3 aromatic carbocycles. The first-order valence-electron chi connectivity index (χ1n) is 11.5. The van der Waals surface area contributed by atoms with Gasteiger partial charge in [0.05, 0.1) is 11.4 Å². The minimum absolute atomic E-state index is 0.176. The molecule has 170 valence electrons. The van der Waals surface area contributed by atoms with Gasteiger partial charge in [-0.1, -0.05) is 67.1 Å². The molecule has 0 radical (unpaired) electrons. The molecule has 4 aromatic rings. The van der Waals surface area contributed by atoms with Crippen LogP contribution in [0.15, 0.2) is 77.8 Å². The maximum Gasteiger partial charge on any atom is 0.162 e. The first-order valence-corrected chi connectivity index (χ1v) is 11.9. The van der Waals surface area contributed by atoms with Gasteiger partial charge in [0.25, 0.3) is 0 Å². The Morgan fingerprint density at radius 3 is 2.41 bits per heavy atom. The molecule has 0 aliphatic carbocycles. The molecule has 2 heterocycles. The third-order valence-corrected chi connectivity index (χ3v) is 6.35. The third-order valence-electron chi connectivity index (χ3n) is 6.10. The summed E-state index contributed by atoms with van der Waals surface area (Å²) in [6.07, 6.45) is 1.63. The number of hydrogen-bond donors (Lipinski definition) is 0. The van der Waals surface area contributed by atoms with E-state index in [2.05, 4.69) is 40.5 Å². The fourth-order valence-corrected chi connectivity index (χ4v) is 4.60. The summed E-state index contributed by atoms with van der Waals surface area (Å²) in [7, 11) is 0. The summed E-state index contributed by atoms with van der Waals surface area (Å²) in [5, 5.41) is 9.48. The Morgan fingerprint density at radius 1 is 0.941 bits per heavy atom. The van der Waals surface area contributed by atoms with Gasteiger partial charge < -0.3 is 0 Å². The Labute approximate surface area is 204 Å². The molecular weight excluding hydrogens is 444 g/mol.